The molecule has 4 nitrogen and oxygen atoms in total. The highest BCUT2D eigenvalue weighted by atomic mass is 127. The highest BCUT2D eigenvalue weighted by Crippen LogP contribution is 2.10. The number of hydrogen-bond acceptors (Lipinski definition) is 2. The number of aryl methyl sites for hydroxylation is 1. The first-order valence-corrected chi connectivity index (χ1v) is 7.57. The van der Waals surface area contributed by atoms with Crippen molar-refractivity contribution < 1.29 is 0 Å². The number of halogens is 1. The molecule has 1 aromatic rings. The second kappa shape index (κ2) is 11.8. The van der Waals surface area contributed by atoms with Crippen LogP contribution < -0.4 is 11.1 Å². The molecule has 0 saturated heterocycles. The van der Waals surface area contributed by atoms with E-state index in [0.29, 0.717) is 5.96 Å². The highest BCUT2D eigenvalue weighted by molar-refractivity contribution is 14.0. The van der Waals surface area contributed by atoms with E-state index in [1.807, 2.05) is 12.1 Å². The molecule has 0 heterocycles. The van der Waals surface area contributed by atoms with Gasteiger partial charge in [-0.3, -0.25) is 4.99 Å². The van der Waals surface area contributed by atoms with E-state index in [-0.39, 0.29) is 24.0 Å². The summed E-state index contributed by atoms with van der Waals surface area (Å²) in [6, 6.07) is 8.27. The number of nitrogens with zero attached hydrogens (tertiary/aromatic N) is 2. The molecule has 21 heavy (non-hydrogen) atoms. The summed E-state index contributed by atoms with van der Waals surface area (Å²) in [5.41, 5.74) is 8.21. The van der Waals surface area contributed by atoms with Crippen molar-refractivity contribution in [3.8, 4) is 0 Å². The molecule has 0 atom stereocenters. The molecule has 0 unspecified atom stereocenters. The van der Waals surface area contributed by atoms with Gasteiger partial charge in [0.2, 0.25) is 0 Å². The molecule has 0 spiro atoms. The summed E-state index contributed by atoms with van der Waals surface area (Å²) >= 11 is 0. The van der Waals surface area contributed by atoms with Gasteiger partial charge in [0, 0.05) is 12.2 Å². The Balaban J connectivity index is 0.00000400. The van der Waals surface area contributed by atoms with Crippen LogP contribution in [0.3, 0.4) is 0 Å². The Bertz CT molecular complexity index is 416. The molecule has 0 saturated carbocycles. The monoisotopic (exact) mass is 404 g/mol. The molecule has 0 bridgehead atoms. The van der Waals surface area contributed by atoms with Gasteiger partial charge in [0.15, 0.2) is 5.96 Å². The van der Waals surface area contributed by atoms with E-state index in [2.05, 4.69) is 48.1 Å². The molecule has 1 rings (SSSR count). The van der Waals surface area contributed by atoms with E-state index in [1.165, 1.54) is 5.56 Å². The zero-order chi connectivity index (χ0) is 14.8. The molecule has 5 heteroatoms. The molecule has 0 aliphatic rings. The van der Waals surface area contributed by atoms with Gasteiger partial charge in [0.25, 0.3) is 0 Å². The quantitative estimate of drug-likeness (QED) is 0.303. The van der Waals surface area contributed by atoms with Crippen molar-refractivity contribution in [2.75, 3.05) is 31.5 Å². The van der Waals surface area contributed by atoms with Gasteiger partial charge < -0.3 is 16.0 Å². The van der Waals surface area contributed by atoms with Crippen LogP contribution in [-0.4, -0.2) is 37.0 Å². The number of aliphatic imine (C=N–C) groups is 1. The Morgan fingerprint density at radius 2 is 1.95 bits per heavy atom. The summed E-state index contributed by atoms with van der Waals surface area (Å²) in [4.78, 5) is 6.76. The molecule has 3 N–H and O–H groups in total. The lowest BCUT2D eigenvalue weighted by Crippen LogP contribution is -2.26. The minimum Gasteiger partial charge on any atom is -0.370 e. The molecule has 120 valence electrons. The van der Waals surface area contributed by atoms with Crippen LogP contribution in [0.25, 0.3) is 0 Å². The minimum atomic E-state index is 0. The van der Waals surface area contributed by atoms with Crippen LogP contribution >= 0.6 is 24.0 Å². The smallest absolute Gasteiger partial charge is 0.193 e. The highest BCUT2D eigenvalue weighted by Gasteiger charge is 1.99. The van der Waals surface area contributed by atoms with Crippen molar-refractivity contribution in [2.45, 2.75) is 33.6 Å². The van der Waals surface area contributed by atoms with Crippen molar-refractivity contribution in [3.63, 3.8) is 0 Å². The predicted octanol–water partition coefficient (Wildman–Crippen LogP) is 3.33. The molecule has 0 aromatic heterocycles. The molecule has 0 aliphatic carbocycles. The Morgan fingerprint density at radius 3 is 2.57 bits per heavy atom. The van der Waals surface area contributed by atoms with Crippen molar-refractivity contribution >= 4 is 35.6 Å². The van der Waals surface area contributed by atoms with Crippen molar-refractivity contribution in [1.82, 2.24) is 4.90 Å². The predicted molar refractivity (Wildman–Crippen MR) is 104 cm³/mol. The topological polar surface area (TPSA) is 53.6 Å². The fourth-order valence-corrected chi connectivity index (χ4v) is 2.09. The number of nitrogens with two attached hydrogens (primary N) is 1. The first-order valence-electron chi connectivity index (χ1n) is 7.57. The lowest BCUT2D eigenvalue weighted by Gasteiger charge is -2.16. The van der Waals surface area contributed by atoms with E-state index in [9.17, 15) is 0 Å². The van der Waals surface area contributed by atoms with Crippen LogP contribution in [-0.2, 0) is 6.42 Å². The van der Waals surface area contributed by atoms with E-state index in [0.717, 1.165) is 44.7 Å². The summed E-state index contributed by atoms with van der Waals surface area (Å²) in [6.07, 6.45) is 2.06. The van der Waals surface area contributed by atoms with Crippen molar-refractivity contribution in [2.24, 2.45) is 10.7 Å². The standard InChI is InChI=1S/C16H28N4.HI/c1-4-14-9-7-10-15(13-14)19-16(17)18-11-8-12-20(5-2)6-3;/h7,9-10,13H,4-6,8,11-12H2,1-3H3,(H3,17,18,19);1H. The molecule has 0 fully saturated rings. The molecule has 0 aliphatic heterocycles. The average Bonchev–Trinajstić information content (AvgIpc) is 2.47. The Hall–Kier alpha value is -0.820. The van der Waals surface area contributed by atoms with Crippen LogP contribution in [0.5, 0.6) is 0 Å². The number of benzene rings is 1. The van der Waals surface area contributed by atoms with Crippen molar-refractivity contribution in [1.29, 1.82) is 0 Å². The first kappa shape index (κ1) is 20.2. The van der Waals surface area contributed by atoms with Gasteiger partial charge >= 0.3 is 0 Å². The normalized spacial score (nSPS) is 11.3. The third-order valence-corrected chi connectivity index (χ3v) is 3.42. The van der Waals surface area contributed by atoms with Gasteiger partial charge in [-0.2, -0.15) is 0 Å². The lowest BCUT2D eigenvalue weighted by atomic mass is 10.1. The maximum absolute atomic E-state index is 5.90. The second-order valence-corrected chi connectivity index (χ2v) is 4.83. The summed E-state index contributed by atoms with van der Waals surface area (Å²) in [6.45, 7) is 10.5. The van der Waals surface area contributed by atoms with Crippen LogP contribution in [0.2, 0.25) is 0 Å². The third-order valence-electron chi connectivity index (χ3n) is 3.42. The Morgan fingerprint density at radius 1 is 1.24 bits per heavy atom. The zero-order valence-electron chi connectivity index (χ0n) is 13.4. The molecular formula is C16H29IN4. The van der Waals surface area contributed by atoms with Crippen molar-refractivity contribution in [3.05, 3.63) is 29.8 Å². The average molecular weight is 404 g/mol. The maximum Gasteiger partial charge on any atom is 0.193 e. The number of hydrogen-bond donors (Lipinski definition) is 2. The van der Waals surface area contributed by atoms with Crippen LogP contribution in [0.4, 0.5) is 5.69 Å². The number of guanidine groups is 1. The molecule has 1 aromatic carbocycles. The van der Waals surface area contributed by atoms with Gasteiger partial charge in [0.05, 0.1) is 0 Å². The Kier molecular flexibility index (Phi) is 11.3. The summed E-state index contributed by atoms with van der Waals surface area (Å²) in [5.74, 6) is 0.498. The fourth-order valence-electron chi connectivity index (χ4n) is 2.09. The first-order chi connectivity index (χ1) is 9.69. The summed E-state index contributed by atoms with van der Waals surface area (Å²) < 4.78 is 0. The summed E-state index contributed by atoms with van der Waals surface area (Å²) in [7, 11) is 0. The second-order valence-electron chi connectivity index (χ2n) is 4.83. The fraction of sp³-hybridized carbons (Fsp3) is 0.562. The minimum absolute atomic E-state index is 0. The van der Waals surface area contributed by atoms with Crippen LogP contribution in [0, 0.1) is 0 Å². The summed E-state index contributed by atoms with van der Waals surface area (Å²) in [5, 5.41) is 3.15. The van der Waals surface area contributed by atoms with Gasteiger partial charge in [-0.25, -0.2) is 0 Å². The third kappa shape index (κ3) is 8.26. The van der Waals surface area contributed by atoms with Gasteiger partial charge in [-0.15, -0.1) is 24.0 Å². The lowest BCUT2D eigenvalue weighted by molar-refractivity contribution is 0.302. The SMILES string of the molecule is CCc1cccc(NC(N)=NCCCN(CC)CC)c1.I. The number of nitrogens with one attached hydrogen (secondary N) is 1. The molecular weight excluding hydrogens is 375 g/mol. The van der Waals surface area contributed by atoms with E-state index >= 15 is 0 Å². The number of rotatable bonds is 8. The van der Waals surface area contributed by atoms with Crippen LogP contribution in [0.15, 0.2) is 29.3 Å². The Labute approximate surface area is 146 Å². The van der Waals surface area contributed by atoms with Gasteiger partial charge in [-0.05, 0) is 50.2 Å². The van der Waals surface area contributed by atoms with E-state index < -0.39 is 0 Å². The van der Waals surface area contributed by atoms with Gasteiger partial charge in [-0.1, -0.05) is 32.9 Å². The maximum atomic E-state index is 5.90. The zero-order valence-corrected chi connectivity index (χ0v) is 15.8. The molecule has 0 amide bonds. The molecule has 0 radical (unpaired) electrons. The van der Waals surface area contributed by atoms with Gasteiger partial charge in [0.1, 0.15) is 0 Å². The van der Waals surface area contributed by atoms with E-state index in [1.54, 1.807) is 0 Å². The largest absolute Gasteiger partial charge is 0.370 e. The van der Waals surface area contributed by atoms with E-state index in [4.69, 9.17) is 5.73 Å². The van der Waals surface area contributed by atoms with Crippen LogP contribution in [0.1, 0.15) is 32.8 Å². The number of anilines is 1.